The van der Waals surface area contributed by atoms with Crippen molar-refractivity contribution < 1.29 is 9.13 Å². The normalized spacial score (nSPS) is 14.8. The van der Waals surface area contributed by atoms with E-state index in [-0.39, 0.29) is 11.9 Å². The maximum atomic E-state index is 13.4. The molecule has 0 radical (unpaired) electrons. The number of hydrogen-bond acceptors (Lipinski definition) is 2. The van der Waals surface area contributed by atoms with Crippen molar-refractivity contribution in [2.75, 3.05) is 20.1 Å². The van der Waals surface area contributed by atoms with Crippen LogP contribution in [0.5, 0.6) is 5.75 Å². The molecule has 2 aromatic carbocycles. The summed E-state index contributed by atoms with van der Waals surface area (Å²) >= 11 is 0. The molecule has 0 fully saturated rings. The summed E-state index contributed by atoms with van der Waals surface area (Å²) in [5, 5.41) is 0. The highest BCUT2D eigenvalue weighted by Crippen LogP contribution is 2.30. The maximum absolute atomic E-state index is 13.4. The molecule has 1 unspecified atom stereocenters. The predicted molar refractivity (Wildman–Crippen MR) is 110 cm³/mol. The van der Waals surface area contributed by atoms with Crippen molar-refractivity contribution >= 4 is 0 Å². The van der Waals surface area contributed by atoms with Gasteiger partial charge in [0, 0.05) is 13.0 Å². The second-order valence-electron chi connectivity index (χ2n) is 7.74. The number of aryl methyl sites for hydroxylation is 2. The molecule has 3 heteroatoms. The zero-order chi connectivity index (χ0) is 19.1. The van der Waals surface area contributed by atoms with Crippen molar-refractivity contribution in [2.45, 2.75) is 58.0 Å². The van der Waals surface area contributed by atoms with Gasteiger partial charge in [0.1, 0.15) is 17.7 Å². The lowest BCUT2D eigenvalue weighted by atomic mass is 9.92. The lowest BCUT2D eigenvalue weighted by Crippen LogP contribution is -2.24. The minimum atomic E-state index is -0.202. The highest BCUT2D eigenvalue weighted by Gasteiger charge is 2.17. The summed E-state index contributed by atoms with van der Waals surface area (Å²) in [5.74, 6) is 0.729. The molecular weight excluding hydrogens is 337 g/mol. The van der Waals surface area contributed by atoms with Crippen LogP contribution in [0.2, 0.25) is 0 Å². The third kappa shape index (κ3) is 5.80. The minimum absolute atomic E-state index is 0.0590. The van der Waals surface area contributed by atoms with Gasteiger partial charge in [-0.1, -0.05) is 31.5 Å². The summed E-state index contributed by atoms with van der Waals surface area (Å²) < 4.78 is 19.8. The van der Waals surface area contributed by atoms with E-state index in [0.717, 1.165) is 37.2 Å². The molecule has 1 aliphatic carbocycles. The molecule has 0 amide bonds. The number of ether oxygens (including phenoxy) is 1. The van der Waals surface area contributed by atoms with Crippen LogP contribution in [0.3, 0.4) is 0 Å². The Hall–Kier alpha value is -1.87. The zero-order valence-corrected chi connectivity index (χ0v) is 16.7. The lowest BCUT2D eigenvalue weighted by molar-refractivity contribution is 0.172. The van der Waals surface area contributed by atoms with E-state index in [1.807, 2.05) is 12.1 Å². The Bertz CT molecular complexity index is 713. The molecule has 0 aromatic heterocycles. The third-order valence-electron chi connectivity index (χ3n) is 5.51. The van der Waals surface area contributed by atoms with Gasteiger partial charge in [0.2, 0.25) is 0 Å². The van der Waals surface area contributed by atoms with Crippen LogP contribution in [0.4, 0.5) is 4.39 Å². The first-order chi connectivity index (χ1) is 13.2. The largest absolute Gasteiger partial charge is 0.486 e. The summed E-state index contributed by atoms with van der Waals surface area (Å²) in [6.07, 6.45) is 8.13. The van der Waals surface area contributed by atoms with Gasteiger partial charge in [-0.3, -0.25) is 0 Å². The van der Waals surface area contributed by atoms with Gasteiger partial charge in [-0.25, -0.2) is 4.39 Å². The van der Waals surface area contributed by atoms with Crippen molar-refractivity contribution in [3.63, 3.8) is 0 Å². The number of hydrogen-bond donors (Lipinski definition) is 0. The van der Waals surface area contributed by atoms with Crippen molar-refractivity contribution in [1.29, 1.82) is 0 Å². The molecule has 0 bridgehead atoms. The number of nitrogens with zero attached hydrogens (tertiary/aromatic N) is 1. The standard InChI is InChI=1S/C24H32FNO/c1-3-4-16-26(2)17-15-24(20-9-12-22(25)13-10-20)27-23-14-11-19-7-5-6-8-21(19)18-23/h9-14,18,24H,3-8,15-17H2,1-2H3. The van der Waals surface area contributed by atoms with Crippen molar-refractivity contribution in [1.82, 2.24) is 4.90 Å². The van der Waals surface area contributed by atoms with Gasteiger partial charge < -0.3 is 9.64 Å². The van der Waals surface area contributed by atoms with E-state index in [2.05, 4.69) is 37.1 Å². The van der Waals surface area contributed by atoms with Crippen LogP contribution in [-0.2, 0) is 12.8 Å². The van der Waals surface area contributed by atoms with E-state index in [1.165, 1.54) is 55.4 Å². The molecule has 146 valence electrons. The molecule has 27 heavy (non-hydrogen) atoms. The summed E-state index contributed by atoms with van der Waals surface area (Å²) in [7, 11) is 2.16. The molecule has 3 rings (SSSR count). The Labute approximate surface area is 163 Å². The topological polar surface area (TPSA) is 12.5 Å². The lowest BCUT2D eigenvalue weighted by Gasteiger charge is -2.24. The Morgan fingerprint density at radius 2 is 1.74 bits per heavy atom. The fourth-order valence-corrected chi connectivity index (χ4v) is 3.80. The zero-order valence-electron chi connectivity index (χ0n) is 16.7. The Kier molecular flexibility index (Phi) is 7.28. The van der Waals surface area contributed by atoms with Gasteiger partial charge in [-0.05, 0) is 86.7 Å². The highest BCUT2D eigenvalue weighted by atomic mass is 19.1. The van der Waals surface area contributed by atoms with Crippen molar-refractivity contribution in [3.05, 3.63) is 65.0 Å². The van der Waals surface area contributed by atoms with E-state index in [9.17, 15) is 4.39 Å². The van der Waals surface area contributed by atoms with Gasteiger partial charge in [0.05, 0.1) is 0 Å². The fourth-order valence-electron chi connectivity index (χ4n) is 3.80. The van der Waals surface area contributed by atoms with Gasteiger partial charge in [0.15, 0.2) is 0 Å². The Morgan fingerprint density at radius 3 is 2.48 bits per heavy atom. The van der Waals surface area contributed by atoms with E-state index in [0.29, 0.717) is 0 Å². The van der Waals surface area contributed by atoms with Gasteiger partial charge in [-0.15, -0.1) is 0 Å². The maximum Gasteiger partial charge on any atom is 0.125 e. The highest BCUT2D eigenvalue weighted by molar-refractivity contribution is 5.37. The molecular formula is C24H32FNO. The first kappa shape index (κ1) is 19.9. The SMILES string of the molecule is CCCCN(C)CCC(Oc1ccc2c(c1)CCCC2)c1ccc(F)cc1. The molecule has 2 nitrogen and oxygen atoms in total. The van der Waals surface area contributed by atoms with Crippen LogP contribution < -0.4 is 4.74 Å². The monoisotopic (exact) mass is 369 g/mol. The van der Waals surface area contributed by atoms with Gasteiger partial charge >= 0.3 is 0 Å². The number of rotatable bonds is 9. The Morgan fingerprint density at radius 1 is 1.00 bits per heavy atom. The van der Waals surface area contributed by atoms with Crippen LogP contribution in [-0.4, -0.2) is 25.0 Å². The van der Waals surface area contributed by atoms with E-state index < -0.39 is 0 Å². The molecule has 1 atom stereocenters. The first-order valence-electron chi connectivity index (χ1n) is 10.4. The number of fused-ring (bicyclic) bond motifs is 1. The van der Waals surface area contributed by atoms with E-state index >= 15 is 0 Å². The number of benzene rings is 2. The predicted octanol–water partition coefficient (Wildman–Crippen LogP) is 5.95. The minimum Gasteiger partial charge on any atom is -0.486 e. The van der Waals surface area contributed by atoms with Crippen LogP contribution in [0.15, 0.2) is 42.5 Å². The van der Waals surface area contributed by atoms with E-state index in [1.54, 1.807) is 0 Å². The average molecular weight is 370 g/mol. The molecule has 0 aliphatic heterocycles. The summed E-state index contributed by atoms with van der Waals surface area (Å²) in [6.45, 7) is 4.28. The molecule has 1 aliphatic rings. The fraction of sp³-hybridized carbons (Fsp3) is 0.500. The average Bonchev–Trinajstić information content (AvgIpc) is 2.70. The van der Waals surface area contributed by atoms with Crippen LogP contribution in [0, 0.1) is 5.82 Å². The first-order valence-corrected chi connectivity index (χ1v) is 10.4. The van der Waals surface area contributed by atoms with Crippen molar-refractivity contribution in [3.8, 4) is 5.75 Å². The van der Waals surface area contributed by atoms with Gasteiger partial charge in [0.25, 0.3) is 0 Å². The summed E-state index contributed by atoms with van der Waals surface area (Å²) in [6, 6.07) is 13.3. The number of halogens is 1. The van der Waals surface area contributed by atoms with Crippen molar-refractivity contribution in [2.24, 2.45) is 0 Å². The second kappa shape index (κ2) is 9.89. The Balaban J connectivity index is 1.72. The molecule has 0 saturated heterocycles. The molecule has 0 saturated carbocycles. The molecule has 0 heterocycles. The molecule has 0 spiro atoms. The summed E-state index contributed by atoms with van der Waals surface area (Å²) in [4.78, 5) is 2.36. The van der Waals surface area contributed by atoms with E-state index in [4.69, 9.17) is 4.74 Å². The smallest absolute Gasteiger partial charge is 0.125 e. The summed E-state index contributed by atoms with van der Waals surface area (Å²) in [5.41, 5.74) is 3.93. The van der Waals surface area contributed by atoms with Crippen LogP contribution in [0.1, 0.15) is 61.8 Å². The third-order valence-corrected chi connectivity index (χ3v) is 5.51. The van der Waals surface area contributed by atoms with Crippen LogP contribution in [0.25, 0.3) is 0 Å². The number of unbranched alkanes of at least 4 members (excludes halogenated alkanes) is 1. The van der Waals surface area contributed by atoms with Crippen LogP contribution >= 0.6 is 0 Å². The molecule has 2 aromatic rings. The quantitative estimate of drug-likeness (QED) is 0.542. The molecule has 0 N–H and O–H groups in total. The second-order valence-corrected chi connectivity index (χ2v) is 7.74. The van der Waals surface area contributed by atoms with Gasteiger partial charge in [-0.2, -0.15) is 0 Å².